The second kappa shape index (κ2) is 9.14. The zero-order chi connectivity index (χ0) is 23.7. The van der Waals surface area contributed by atoms with E-state index in [2.05, 4.69) is 26.5 Å². The van der Waals surface area contributed by atoms with E-state index in [1.54, 1.807) is 29.4 Å². The molecule has 0 bridgehead atoms. The van der Waals surface area contributed by atoms with E-state index in [1.165, 1.54) is 12.4 Å². The van der Waals surface area contributed by atoms with Crippen molar-refractivity contribution in [2.24, 2.45) is 0 Å². The van der Waals surface area contributed by atoms with Gasteiger partial charge in [0.05, 0.1) is 16.5 Å². The Morgan fingerprint density at radius 2 is 2.24 bits per heavy atom. The molecule has 0 saturated carbocycles. The molecule has 1 amide bonds. The van der Waals surface area contributed by atoms with Crippen molar-refractivity contribution in [3.05, 3.63) is 60.4 Å². The number of benzene rings is 1. The van der Waals surface area contributed by atoms with E-state index in [9.17, 15) is 4.79 Å². The number of halogens is 1. The summed E-state index contributed by atoms with van der Waals surface area (Å²) < 4.78 is 7.63. The van der Waals surface area contributed by atoms with Crippen molar-refractivity contribution in [1.29, 1.82) is 0 Å². The number of amides is 1. The van der Waals surface area contributed by atoms with Crippen molar-refractivity contribution >= 4 is 34.4 Å². The van der Waals surface area contributed by atoms with Gasteiger partial charge < -0.3 is 20.4 Å². The molecule has 1 atom stereocenters. The van der Waals surface area contributed by atoms with E-state index in [1.807, 2.05) is 10.7 Å². The molecular weight excluding hydrogens is 456 g/mol. The molecular formula is C23H23ClN8O2. The largest absolute Gasteiger partial charge is 0.484 e. The number of rotatable bonds is 6. The van der Waals surface area contributed by atoms with Crippen LogP contribution in [0.5, 0.6) is 5.75 Å². The number of carbonyl (C=O) groups excluding carboxylic acids is 1. The molecule has 5 rings (SSSR count). The second-order valence-corrected chi connectivity index (χ2v) is 8.41. The third-order valence-corrected chi connectivity index (χ3v) is 6.17. The number of H-pyrrole nitrogens is 1. The minimum Gasteiger partial charge on any atom is -0.484 e. The predicted molar refractivity (Wildman–Crippen MR) is 128 cm³/mol. The fourth-order valence-corrected chi connectivity index (χ4v) is 4.46. The predicted octanol–water partition coefficient (Wildman–Crippen LogP) is 3.38. The van der Waals surface area contributed by atoms with Crippen molar-refractivity contribution in [2.45, 2.75) is 25.5 Å². The summed E-state index contributed by atoms with van der Waals surface area (Å²) in [7, 11) is 0. The molecule has 1 aromatic carbocycles. The van der Waals surface area contributed by atoms with E-state index in [4.69, 9.17) is 27.2 Å². The summed E-state index contributed by atoms with van der Waals surface area (Å²) in [5, 5.41) is 5.96. The standard InChI is InChI=1S/C23H23ClN8O2/c1-2-19(33)31-9-3-4-15(11-31)32-23-20(22(25)28-13-29-23)21(30-32)14-5-6-17(16(24)10-14)34-12-18-26-7-8-27-18/h2,5-8,10,13,15H,1,3-4,9,11-12H2,(H,26,27)(H2,25,28,29)/t15-/m1/s1. The molecule has 4 heterocycles. The number of carbonyl (C=O) groups is 1. The minimum absolute atomic E-state index is 0.0467. The topological polar surface area (TPSA) is 128 Å². The van der Waals surface area contributed by atoms with Crippen LogP contribution < -0.4 is 10.5 Å². The third kappa shape index (κ3) is 4.08. The van der Waals surface area contributed by atoms with Gasteiger partial charge in [0.25, 0.3) is 0 Å². The minimum atomic E-state index is -0.0903. The number of nitrogen functional groups attached to an aromatic ring is 1. The summed E-state index contributed by atoms with van der Waals surface area (Å²) in [5.41, 5.74) is 8.26. The summed E-state index contributed by atoms with van der Waals surface area (Å²) in [6, 6.07) is 5.40. The quantitative estimate of drug-likeness (QED) is 0.406. The van der Waals surface area contributed by atoms with Gasteiger partial charge in [0.2, 0.25) is 5.91 Å². The van der Waals surface area contributed by atoms with Gasteiger partial charge in [0.1, 0.15) is 36.0 Å². The number of fused-ring (bicyclic) bond motifs is 1. The Labute approximate surface area is 200 Å². The van der Waals surface area contributed by atoms with E-state index in [0.717, 1.165) is 18.4 Å². The number of aromatic amines is 1. The van der Waals surface area contributed by atoms with Gasteiger partial charge in [0.15, 0.2) is 5.65 Å². The van der Waals surface area contributed by atoms with Crippen molar-refractivity contribution in [1.82, 2.24) is 34.6 Å². The Balaban J connectivity index is 1.50. The molecule has 4 aromatic rings. The van der Waals surface area contributed by atoms with Gasteiger partial charge >= 0.3 is 0 Å². The summed E-state index contributed by atoms with van der Waals surface area (Å²) in [5.74, 6) is 1.47. The van der Waals surface area contributed by atoms with Crippen LogP contribution in [0.3, 0.4) is 0 Å². The Bertz CT molecular complexity index is 1350. The van der Waals surface area contributed by atoms with E-state index in [-0.39, 0.29) is 18.6 Å². The fraction of sp³-hybridized carbons (Fsp3) is 0.261. The van der Waals surface area contributed by atoms with Crippen LogP contribution in [-0.2, 0) is 11.4 Å². The maximum atomic E-state index is 12.2. The number of hydrogen-bond donors (Lipinski definition) is 2. The van der Waals surface area contributed by atoms with E-state index < -0.39 is 0 Å². The zero-order valence-electron chi connectivity index (χ0n) is 18.3. The first-order valence-corrected chi connectivity index (χ1v) is 11.2. The number of nitrogens with zero attached hydrogens (tertiary/aromatic N) is 6. The number of hydrogen-bond acceptors (Lipinski definition) is 7. The number of piperidine rings is 1. The van der Waals surface area contributed by atoms with Gasteiger partial charge in [-0.15, -0.1) is 0 Å². The smallest absolute Gasteiger partial charge is 0.246 e. The zero-order valence-corrected chi connectivity index (χ0v) is 19.1. The number of ether oxygens (including phenoxy) is 1. The summed E-state index contributed by atoms with van der Waals surface area (Å²) in [6.07, 6.45) is 7.88. The van der Waals surface area contributed by atoms with Crippen molar-refractivity contribution in [3.63, 3.8) is 0 Å². The van der Waals surface area contributed by atoms with Gasteiger partial charge in [-0.05, 0) is 37.1 Å². The maximum absolute atomic E-state index is 12.2. The van der Waals surface area contributed by atoms with Crippen molar-refractivity contribution in [2.75, 3.05) is 18.8 Å². The molecule has 3 N–H and O–H groups in total. The molecule has 0 radical (unpaired) electrons. The number of nitrogens with two attached hydrogens (primary N) is 1. The molecule has 34 heavy (non-hydrogen) atoms. The number of aromatic nitrogens is 6. The summed E-state index contributed by atoms with van der Waals surface area (Å²) in [6.45, 7) is 5.09. The first-order chi connectivity index (χ1) is 16.5. The highest BCUT2D eigenvalue weighted by Gasteiger charge is 2.28. The van der Waals surface area contributed by atoms with Crippen LogP contribution in [0.1, 0.15) is 24.7 Å². The Kier molecular flexibility index (Phi) is 5.89. The highest BCUT2D eigenvalue weighted by atomic mass is 35.5. The van der Waals surface area contributed by atoms with E-state index >= 15 is 0 Å². The highest BCUT2D eigenvalue weighted by molar-refractivity contribution is 6.32. The van der Waals surface area contributed by atoms with Crippen LogP contribution in [0.25, 0.3) is 22.3 Å². The Morgan fingerprint density at radius 1 is 1.35 bits per heavy atom. The van der Waals surface area contributed by atoms with Crippen LogP contribution in [0, 0.1) is 0 Å². The molecule has 3 aromatic heterocycles. The summed E-state index contributed by atoms with van der Waals surface area (Å²) in [4.78, 5) is 29.7. The number of likely N-dealkylation sites (tertiary alicyclic amines) is 1. The first kappa shape index (κ1) is 21.9. The molecule has 0 spiro atoms. The molecule has 0 aliphatic carbocycles. The lowest BCUT2D eigenvalue weighted by molar-refractivity contribution is -0.127. The van der Waals surface area contributed by atoms with Crippen LogP contribution >= 0.6 is 11.6 Å². The average molecular weight is 479 g/mol. The molecule has 1 aliphatic rings. The Hall–Kier alpha value is -3.92. The number of imidazole rings is 1. The Morgan fingerprint density at radius 3 is 3.00 bits per heavy atom. The van der Waals surface area contributed by atoms with Gasteiger partial charge in [-0.25, -0.2) is 19.6 Å². The third-order valence-electron chi connectivity index (χ3n) is 5.87. The molecule has 1 fully saturated rings. The van der Waals surface area contributed by atoms with Crippen LogP contribution in [0.2, 0.25) is 5.02 Å². The second-order valence-electron chi connectivity index (χ2n) is 8.00. The lowest BCUT2D eigenvalue weighted by Gasteiger charge is -2.32. The molecule has 0 unspecified atom stereocenters. The fourth-order valence-electron chi connectivity index (χ4n) is 4.22. The van der Waals surface area contributed by atoms with Crippen molar-refractivity contribution in [3.8, 4) is 17.0 Å². The molecule has 10 nitrogen and oxygen atoms in total. The molecule has 1 saturated heterocycles. The number of anilines is 1. The SMILES string of the molecule is C=CC(=O)N1CCC[C@@H](n2nc(-c3ccc(OCc4ncc[nH]4)c(Cl)c3)c3c(N)ncnc32)C1. The lowest BCUT2D eigenvalue weighted by Crippen LogP contribution is -2.40. The van der Waals surface area contributed by atoms with Gasteiger partial charge in [-0.1, -0.05) is 18.2 Å². The maximum Gasteiger partial charge on any atom is 0.246 e. The lowest BCUT2D eigenvalue weighted by atomic mass is 10.1. The van der Waals surface area contributed by atoms with Crippen LogP contribution in [-0.4, -0.2) is 53.6 Å². The summed E-state index contributed by atoms with van der Waals surface area (Å²) >= 11 is 6.53. The van der Waals surface area contributed by atoms with Crippen LogP contribution in [0.4, 0.5) is 5.82 Å². The molecule has 174 valence electrons. The molecule has 1 aliphatic heterocycles. The van der Waals surface area contributed by atoms with E-state index in [0.29, 0.717) is 52.2 Å². The highest BCUT2D eigenvalue weighted by Crippen LogP contribution is 2.36. The van der Waals surface area contributed by atoms with Gasteiger partial charge in [-0.3, -0.25) is 4.79 Å². The number of nitrogens with one attached hydrogen (secondary N) is 1. The van der Waals surface area contributed by atoms with Crippen molar-refractivity contribution < 1.29 is 9.53 Å². The molecule has 11 heteroatoms. The normalized spacial score (nSPS) is 16.0. The average Bonchev–Trinajstić information content (AvgIpc) is 3.51. The first-order valence-electron chi connectivity index (χ1n) is 10.9. The van der Waals surface area contributed by atoms with Gasteiger partial charge in [-0.2, -0.15) is 5.10 Å². The van der Waals surface area contributed by atoms with Crippen LogP contribution in [0.15, 0.2) is 49.6 Å². The van der Waals surface area contributed by atoms with Gasteiger partial charge in [0, 0.05) is 31.0 Å². The monoisotopic (exact) mass is 478 g/mol.